The summed E-state index contributed by atoms with van der Waals surface area (Å²) in [4.78, 5) is 1.37. The van der Waals surface area contributed by atoms with Gasteiger partial charge in [-0.05, 0) is 53.0 Å². The van der Waals surface area contributed by atoms with Crippen LogP contribution < -0.4 is 5.32 Å². The van der Waals surface area contributed by atoms with Gasteiger partial charge >= 0.3 is 0 Å². The van der Waals surface area contributed by atoms with Gasteiger partial charge in [-0.1, -0.05) is 6.92 Å². The fourth-order valence-electron chi connectivity index (χ4n) is 1.92. The van der Waals surface area contributed by atoms with Crippen LogP contribution in [0.5, 0.6) is 0 Å². The first-order valence-electron chi connectivity index (χ1n) is 6.15. The van der Waals surface area contributed by atoms with Crippen molar-refractivity contribution in [2.24, 2.45) is 7.05 Å². The van der Waals surface area contributed by atoms with E-state index < -0.39 is 0 Å². The summed E-state index contributed by atoms with van der Waals surface area (Å²) in [5, 5.41) is 7.84. The molecule has 1 atom stereocenters. The number of nitrogens with zero attached hydrogens (tertiary/aromatic N) is 2. The minimum absolute atomic E-state index is 0.380. The highest BCUT2D eigenvalue weighted by molar-refractivity contribution is 9.11. The molecule has 0 saturated heterocycles. The fraction of sp³-hybridized carbons (Fsp3) is 0.462. The van der Waals surface area contributed by atoms with Crippen LogP contribution in [0.3, 0.4) is 0 Å². The van der Waals surface area contributed by atoms with Crippen LogP contribution in [0.25, 0.3) is 0 Å². The van der Waals surface area contributed by atoms with Gasteiger partial charge in [0.25, 0.3) is 0 Å². The normalized spacial score (nSPS) is 12.8. The third kappa shape index (κ3) is 3.67. The van der Waals surface area contributed by atoms with Crippen molar-refractivity contribution < 1.29 is 0 Å². The van der Waals surface area contributed by atoms with Crippen molar-refractivity contribution in [3.05, 3.63) is 38.8 Å². The van der Waals surface area contributed by atoms with E-state index in [0.29, 0.717) is 6.04 Å². The Bertz CT molecular complexity index is 492. The molecule has 2 aromatic rings. The van der Waals surface area contributed by atoms with Gasteiger partial charge in [-0.3, -0.25) is 4.68 Å². The molecule has 0 radical (unpaired) electrons. The Balaban J connectivity index is 2.09. The first-order valence-corrected chi connectivity index (χ1v) is 7.76. The second kappa shape index (κ2) is 6.50. The third-order valence-corrected chi connectivity index (χ3v) is 4.51. The summed E-state index contributed by atoms with van der Waals surface area (Å²) >= 11 is 5.33. The highest BCUT2D eigenvalue weighted by Gasteiger charge is 2.14. The molecule has 0 aliphatic heterocycles. The van der Waals surface area contributed by atoms with Crippen molar-refractivity contribution >= 4 is 27.3 Å². The number of halogens is 1. The SMILES string of the molecule is CCCNC(Cc1cnn(C)c1)c1ccc(Br)s1. The molecule has 0 bridgehead atoms. The molecule has 3 nitrogen and oxygen atoms in total. The Labute approximate surface area is 120 Å². The monoisotopic (exact) mass is 327 g/mol. The van der Waals surface area contributed by atoms with Gasteiger partial charge in [-0.2, -0.15) is 5.10 Å². The molecule has 0 fully saturated rings. The molecule has 1 N–H and O–H groups in total. The van der Waals surface area contributed by atoms with Gasteiger partial charge < -0.3 is 5.32 Å². The number of hydrogen-bond acceptors (Lipinski definition) is 3. The predicted octanol–water partition coefficient (Wildman–Crippen LogP) is 3.53. The summed E-state index contributed by atoms with van der Waals surface area (Å²) in [6.07, 6.45) is 6.17. The Hall–Kier alpha value is -0.650. The van der Waals surface area contributed by atoms with Crippen molar-refractivity contribution in [3.63, 3.8) is 0 Å². The molecule has 0 aliphatic rings. The molecule has 5 heteroatoms. The van der Waals surface area contributed by atoms with E-state index in [4.69, 9.17) is 0 Å². The van der Waals surface area contributed by atoms with Crippen LogP contribution in [0, 0.1) is 0 Å². The summed E-state index contributed by atoms with van der Waals surface area (Å²) in [6.45, 7) is 3.24. The maximum atomic E-state index is 4.23. The van der Waals surface area contributed by atoms with Crippen LogP contribution in [0.15, 0.2) is 28.3 Å². The van der Waals surface area contributed by atoms with Crippen LogP contribution >= 0.6 is 27.3 Å². The van der Waals surface area contributed by atoms with Crippen molar-refractivity contribution in [1.82, 2.24) is 15.1 Å². The average Bonchev–Trinajstić information content (AvgIpc) is 2.93. The predicted molar refractivity (Wildman–Crippen MR) is 80.0 cm³/mol. The summed E-state index contributed by atoms with van der Waals surface area (Å²) in [5.41, 5.74) is 1.27. The van der Waals surface area contributed by atoms with Gasteiger partial charge in [0.15, 0.2) is 0 Å². The minimum atomic E-state index is 0.380. The Morgan fingerprint density at radius 2 is 2.33 bits per heavy atom. The highest BCUT2D eigenvalue weighted by Crippen LogP contribution is 2.29. The number of aryl methyl sites for hydroxylation is 1. The average molecular weight is 328 g/mol. The minimum Gasteiger partial charge on any atom is -0.309 e. The summed E-state index contributed by atoms with van der Waals surface area (Å²) in [5.74, 6) is 0. The van der Waals surface area contributed by atoms with Crippen LogP contribution in [-0.4, -0.2) is 16.3 Å². The summed E-state index contributed by atoms with van der Waals surface area (Å²) < 4.78 is 3.04. The van der Waals surface area contributed by atoms with E-state index in [1.165, 1.54) is 14.2 Å². The largest absolute Gasteiger partial charge is 0.309 e. The number of aromatic nitrogens is 2. The second-order valence-corrected chi connectivity index (χ2v) is 6.87. The highest BCUT2D eigenvalue weighted by atomic mass is 79.9. The van der Waals surface area contributed by atoms with E-state index in [2.05, 4.69) is 51.6 Å². The molecule has 2 rings (SSSR count). The van der Waals surface area contributed by atoms with Crippen molar-refractivity contribution in [2.45, 2.75) is 25.8 Å². The van der Waals surface area contributed by atoms with Crippen LogP contribution in [0.4, 0.5) is 0 Å². The van der Waals surface area contributed by atoms with E-state index in [9.17, 15) is 0 Å². The topological polar surface area (TPSA) is 29.9 Å². The first kappa shape index (κ1) is 13.8. The van der Waals surface area contributed by atoms with Gasteiger partial charge in [0.05, 0.1) is 9.98 Å². The maximum absolute atomic E-state index is 4.23. The van der Waals surface area contributed by atoms with E-state index in [0.717, 1.165) is 19.4 Å². The van der Waals surface area contributed by atoms with Crippen molar-refractivity contribution in [2.75, 3.05) is 6.54 Å². The number of nitrogens with one attached hydrogen (secondary N) is 1. The molecule has 0 saturated carbocycles. The lowest BCUT2D eigenvalue weighted by molar-refractivity contribution is 0.536. The van der Waals surface area contributed by atoms with Crippen LogP contribution in [0.2, 0.25) is 0 Å². The molecule has 0 spiro atoms. The zero-order valence-electron chi connectivity index (χ0n) is 10.7. The molecular weight excluding hydrogens is 310 g/mol. The lowest BCUT2D eigenvalue weighted by Gasteiger charge is -2.16. The van der Waals surface area contributed by atoms with Crippen molar-refractivity contribution in [3.8, 4) is 0 Å². The first-order chi connectivity index (χ1) is 8.69. The van der Waals surface area contributed by atoms with E-state index in [1.807, 2.05) is 17.9 Å². The molecular formula is C13H18BrN3S. The van der Waals surface area contributed by atoms with E-state index >= 15 is 0 Å². The summed E-state index contributed by atoms with van der Waals surface area (Å²) in [7, 11) is 1.96. The maximum Gasteiger partial charge on any atom is 0.0701 e. The number of rotatable bonds is 6. The lowest BCUT2D eigenvalue weighted by atomic mass is 10.1. The second-order valence-electron chi connectivity index (χ2n) is 4.37. The Kier molecular flexibility index (Phi) is 4.97. The molecule has 2 aromatic heterocycles. The van der Waals surface area contributed by atoms with Crippen LogP contribution in [0.1, 0.15) is 29.8 Å². The number of hydrogen-bond donors (Lipinski definition) is 1. The van der Waals surface area contributed by atoms with Crippen molar-refractivity contribution in [1.29, 1.82) is 0 Å². The third-order valence-electron chi connectivity index (χ3n) is 2.78. The number of thiophene rings is 1. The van der Waals surface area contributed by atoms with Gasteiger partial charge in [0, 0.05) is 24.2 Å². The molecule has 0 aliphatic carbocycles. The van der Waals surface area contributed by atoms with Crippen LogP contribution in [-0.2, 0) is 13.5 Å². The molecule has 1 unspecified atom stereocenters. The van der Waals surface area contributed by atoms with Gasteiger partial charge in [-0.15, -0.1) is 11.3 Å². The zero-order valence-corrected chi connectivity index (χ0v) is 13.1. The fourth-order valence-corrected chi connectivity index (χ4v) is 3.42. The standard InChI is InChI=1S/C13H18BrN3S/c1-3-6-15-11(12-4-5-13(14)18-12)7-10-8-16-17(2)9-10/h4-5,8-9,11,15H,3,6-7H2,1-2H3. The Morgan fingerprint density at radius 3 is 2.89 bits per heavy atom. The molecule has 0 amide bonds. The molecule has 98 valence electrons. The van der Waals surface area contributed by atoms with Gasteiger partial charge in [-0.25, -0.2) is 0 Å². The van der Waals surface area contributed by atoms with Gasteiger partial charge in [0.2, 0.25) is 0 Å². The van der Waals surface area contributed by atoms with E-state index in [1.54, 1.807) is 11.3 Å². The van der Waals surface area contributed by atoms with E-state index in [-0.39, 0.29) is 0 Å². The lowest BCUT2D eigenvalue weighted by Crippen LogP contribution is -2.23. The Morgan fingerprint density at radius 1 is 1.50 bits per heavy atom. The summed E-state index contributed by atoms with van der Waals surface area (Å²) in [6, 6.07) is 4.69. The molecule has 18 heavy (non-hydrogen) atoms. The smallest absolute Gasteiger partial charge is 0.0701 e. The zero-order chi connectivity index (χ0) is 13.0. The molecule has 0 aromatic carbocycles. The van der Waals surface area contributed by atoms with Gasteiger partial charge in [0.1, 0.15) is 0 Å². The molecule has 2 heterocycles. The quantitative estimate of drug-likeness (QED) is 0.879.